The lowest BCUT2D eigenvalue weighted by molar-refractivity contribution is 0.0839. The Morgan fingerprint density at radius 2 is 2.44 bits per heavy atom. The van der Waals surface area contributed by atoms with Crippen molar-refractivity contribution in [3.8, 4) is 6.07 Å². The number of hydrogen-bond acceptors (Lipinski definition) is 5. The third kappa shape index (κ3) is 1.79. The van der Waals surface area contributed by atoms with Gasteiger partial charge in [0.05, 0.1) is 16.9 Å². The van der Waals surface area contributed by atoms with Crippen molar-refractivity contribution in [1.29, 1.82) is 5.26 Å². The van der Waals surface area contributed by atoms with Crippen LogP contribution >= 0.6 is 0 Å². The lowest BCUT2D eigenvalue weighted by Gasteiger charge is -2.21. The van der Waals surface area contributed by atoms with Crippen molar-refractivity contribution in [2.45, 2.75) is 18.9 Å². The first-order chi connectivity index (χ1) is 7.53. The molecular formula is C11H14N4O. The van der Waals surface area contributed by atoms with E-state index in [4.69, 9.17) is 11.0 Å². The predicted octanol–water partition coefficient (Wildman–Crippen LogP) is 0.497. The van der Waals surface area contributed by atoms with Crippen molar-refractivity contribution in [3.05, 3.63) is 17.8 Å². The number of nitriles is 1. The Balaban J connectivity index is 2.33. The van der Waals surface area contributed by atoms with Crippen molar-refractivity contribution < 1.29 is 5.11 Å². The number of aliphatic hydroxyl groups is 1. The minimum Gasteiger partial charge on any atom is -0.395 e. The summed E-state index contributed by atoms with van der Waals surface area (Å²) in [7, 11) is 0. The predicted molar refractivity (Wildman–Crippen MR) is 60.8 cm³/mol. The van der Waals surface area contributed by atoms with Crippen LogP contribution in [0.25, 0.3) is 0 Å². The van der Waals surface area contributed by atoms with E-state index in [1.807, 2.05) is 11.0 Å². The first-order valence-electron chi connectivity index (χ1n) is 5.15. The molecule has 1 aromatic rings. The molecule has 5 heteroatoms. The molecule has 84 valence electrons. The minimum atomic E-state index is -0.698. The third-order valence-corrected chi connectivity index (χ3v) is 2.84. The Labute approximate surface area is 94.1 Å². The maximum absolute atomic E-state index is 9.87. The summed E-state index contributed by atoms with van der Waals surface area (Å²) in [4.78, 5) is 6.09. The van der Waals surface area contributed by atoms with Crippen molar-refractivity contribution >= 4 is 11.5 Å². The van der Waals surface area contributed by atoms with E-state index in [0.717, 1.165) is 0 Å². The quantitative estimate of drug-likeness (QED) is 0.716. The summed E-state index contributed by atoms with van der Waals surface area (Å²) in [5, 5.41) is 18.7. The molecule has 2 rings (SSSR count). The lowest BCUT2D eigenvalue weighted by atomic mass is 10.1. The smallest absolute Gasteiger partial charge is 0.153 e. The van der Waals surface area contributed by atoms with Crippen LogP contribution < -0.4 is 10.6 Å². The second kappa shape index (κ2) is 3.65. The Hall–Kier alpha value is -1.80. The molecule has 1 atom stereocenters. The van der Waals surface area contributed by atoms with Gasteiger partial charge in [-0.15, -0.1) is 0 Å². The monoisotopic (exact) mass is 218 g/mol. The topological polar surface area (TPSA) is 86.2 Å². The van der Waals surface area contributed by atoms with Crippen LogP contribution in [0.5, 0.6) is 0 Å². The fraction of sp³-hybridized carbons (Fsp3) is 0.455. The molecule has 0 bridgehead atoms. The average molecular weight is 218 g/mol. The SMILES string of the molecule is CC1(O)CCN(c2nccc(C#N)c2N)C1. The molecule has 2 heterocycles. The Bertz CT molecular complexity index is 450. The van der Waals surface area contributed by atoms with E-state index in [9.17, 15) is 5.11 Å². The molecule has 1 unspecified atom stereocenters. The molecule has 0 aromatic carbocycles. The van der Waals surface area contributed by atoms with Gasteiger partial charge in [0, 0.05) is 19.3 Å². The van der Waals surface area contributed by atoms with E-state index >= 15 is 0 Å². The molecule has 0 saturated carbocycles. The number of anilines is 2. The van der Waals surface area contributed by atoms with Gasteiger partial charge in [0.2, 0.25) is 0 Å². The van der Waals surface area contributed by atoms with Gasteiger partial charge in [0.1, 0.15) is 6.07 Å². The van der Waals surface area contributed by atoms with E-state index < -0.39 is 5.60 Å². The maximum Gasteiger partial charge on any atom is 0.153 e. The van der Waals surface area contributed by atoms with Gasteiger partial charge in [0.25, 0.3) is 0 Å². The molecule has 1 aliphatic rings. The summed E-state index contributed by atoms with van der Waals surface area (Å²) in [5.74, 6) is 0.594. The standard InChI is InChI=1S/C11H14N4O/c1-11(16)3-5-15(7-11)10-9(13)8(6-12)2-4-14-10/h2,4,16H,3,5,7,13H2,1H3. The number of nitrogens with zero attached hydrogens (tertiary/aromatic N) is 3. The summed E-state index contributed by atoms with van der Waals surface area (Å²) in [5.41, 5.74) is 5.98. The number of rotatable bonds is 1. The number of pyridine rings is 1. The number of β-amino-alcohol motifs (C(OH)–C–C–N with tert-alkyl or cyclic N) is 1. The van der Waals surface area contributed by atoms with Crippen LogP contribution in [-0.4, -0.2) is 28.8 Å². The number of nitrogens with two attached hydrogens (primary N) is 1. The molecule has 0 amide bonds. The molecule has 0 radical (unpaired) electrons. The Morgan fingerprint density at radius 1 is 1.69 bits per heavy atom. The highest BCUT2D eigenvalue weighted by molar-refractivity contribution is 5.70. The molecule has 0 aliphatic carbocycles. The van der Waals surface area contributed by atoms with Gasteiger partial charge >= 0.3 is 0 Å². The highest BCUT2D eigenvalue weighted by atomic mass is 16.3. The van der Waals surface area contributed by atoms with E-state index in [-0.39, 0.29) is 0 Å². The molecule has 3 N–H and O–H groups in total. The minimum absolute atomic E-state index is 0.391. The highest BCUT2D eigenvalue weighted by Gasteiger charge is 2.33. The summed E-state index contributed by atoms with van der Waals surface area (Å²) in [6.07, 6.45) is 2.25. The molecule has 16 heavy (non-hydrogen) atoms. The van der Waals surface area contributed by atoms with Crippen LogP contribution in [0.15, 0.2) is 12.3 Å². The summed E-state index contributed by atoms with van der Waals surface area (Å²) < 4.78 is 0. The maximum atomic E-state index is 9.87. The van der Waals surface area contributed by atoms with Crippen LogP contribution in [0, 0.1) is 11.3 Å². The second-order valence-corrected chi connectivity index (χ2v) is 4.38. The summed E-state index contributed by atoms with van der Waals surface area (Å²) >= 11 is 0. The zero-order valence-electron chi connectivity index (χ0n) is 9.14. The van der Waals surface area contributed by atoms with Crippen molar-refractivity contribution in [1.82, 2.24) is 4.98 Å². The van der Waals surface area contributed by atoms with E-state index in [0.29, 0.717) is 36.6 Å². The number of hydrogen-bond donors (Lipinski definition) is 2. The molecule has 1 fully saturated rings. The van der Waals surface area contributed by atoms with E-state index in [1.54, 1.807) is 19.2 Å². The number of nitrogen functional groups attached to an aromatic ring is 1. The molecule has 0 spiro atoms. The zero-order valence-corrected chi connectivity index (χ0v) is 9.14. The third-order valence-electron chi connectivity index (χ3n) is 2.84. The second-order valence-electron chi connectivity index (χ2n) is 4.38. The van der Waals surface area contributed by atoms with E-state index in [2.05, 4.69) is 4.98 Å². The summed E-state index contributed by atoms with van der Waals surface area (Å²) in [6, 6.07) is 3.62. The van der Waals surface area contributed by atoms with Crippen LogP contribution in [0.4, 0.5) is 11.5 Å². The van der Waals surface area contributed by atoms with E-state index in [1.165, 1.54) is 0 Å². The Kier molecular flexibility index (Phi) is 2.44. The molecule has 5 nitrogen and oxygen atoms in total. The van der Waals surface area contributed by atoms with Gasteiger partial charge in [0.15, 0.2) is 5.82 Å². The van der Waals surface area contributed by atoms with Crippen LogP contribution in [0.1, 0.15) is 18.9 Å². The van der Waals surface area contributed by atoms with Gasteiger partial charge in [-0.3, -0.25) is 0 Å². The van der Waals surface area contributed by atoms with Crippen molar-refractivity contribution in [3.63, 3.8) is 0 Å². The number of aromatic nitrogens is 1. The molecule has 1 aromatic heterocycles. The fourth-order valence-electron chi connectivity index (χ4n) is 1.94. The zero-order chi connectivity index (χ0) is 11.8. The largest absolute Gasteiger partial charge is 0.395 e. The molecular weight excluding hydrogens is 204 g/mol. The first kappa shape index (κ1) is 10.7. The Morgan fingerprint density at radius 3 is 3.00 bits per heavy atom. The molecule has 1 aliphatic heterocycles. The van der Waals surface area contributed by atoms with Gasteiger partial charge in [-0.05, 0) is 19.4 Å². The summed E-state index contributed by atoms with van der Waals surface area (Å²) in [6.45, 7) is 3.00. The molecule has 1 saturated heterocycles. The van der Waals surface area contributed by atoms with Crippen LogP contribution in [-0.2, 0) is 0 Å². The van der Waals surface area contributed by atoms with Gasteiger partial charge in [-0.25, -0.2) is 4.98 Å². The normalized spacial score (nSPS) is 24.4. The van der Waals surface area contributed by atoms with Crippen LogP contribution in [0.3, 0.4) is 0 Å². The lowest BCUT2D eigenvalue weighted by Crippen LogP contribution is -2.30. The first-order valence-corrected chi connectivity index (χ1v) is 5.15. The van der Waals surface area contributed by atoms with Gasteiger partial charge in [-0.1, -0.05) is 0 Å². The van der Waals surface area contributed by atoms with Crippen LogP contribution in [0.2, 0.25) is 0 Å². The van der Waals surface area contributed by atoms with Crippen molar-refractivity contribution in [2.24, 2.45) is 0 Å². The average Bonchev–Trinajstić information content (AvgIpc) is 2.59. The fourth-order valence-corrected chi connectivity index (χ4v) is 1.94. The highest BCUT2D eigenvalue weighted by Crippen LogP contribution is 2.30. The van der Waals surface area contributed by atoms with Crippen molar-refractivity contribution in [2.75, 3.05) is 23.7 Å². The van der Waals surface area contributed by atoms with Gasteiger partial charge < -0.3 is 15.7 Å². The van der Waals surface area contributed by atoms with Gasteiger partial charge in [-0.2, -0.15) is 5.26 Å².